The Labute approximate surface area is 139 Å². The lowest BCUT2D eigenvalue weighted by Crippen LogP contribution is -2.18. The minimum Gasteiger partial charge on any atom is -0.744 e. The van der Waals surface area contributed by atoms with Gasteiger partial charge in [0.25, 0.3) is 0 Å². The molecule has 0 aliphatic heterocycles. The van der Waals surface area contributed by atoms with E-state index in [1.54, 1.807) is 33.8 Å². The quantitative estimate of drug-likeness (QED) is 0.750. The molecule has 0 aliphatic carbocycles. The summed E-state index contributed by atoms with van der Waals surface area (Å²) >= 11 is 0. The van der Waals surface area contributed by atoms with Gasteiger partial charge in [-0.25, -0.2) is 16.8 Å². The molecule has 0 atom stereocenters. The maximum atomic E-state index is 12.3. The number of sulfone groups is 1. The Morgan fingerprint density at radius 3 is 1.43 bits per heavy atom. The summed E-state index contributed by atoms with van der Waals surface area (Å²) in [6.07, 6.45) is 1.05. The molecule has 5 nitrogen and oxygen atoms in total. The summed E-state index contributed by atoms with van der Waals surface area (Å²) in [5.74, 6) is -0.731. The largest absolute Gasteiger partial charge is 0.744 e. The zero-order valence-electron chi connectivity index (χ0n) is 14.7. The molecular weight excluding hydrogens is 336 g/mol. The Kier molecular flexibility index (Phi) is 5.71. The molecule has 0 bridgehead atoms. The molecule has 1 aromatic rings. The van der Waals surface area contributed by atoms with Crippen molar-refractivity contribution in [1.82, 2.24) is 0 Å². The standard InChI is InChI=1S/C16H26O5S2/c1-9(2)12-8-13(10(3)4)16(23(19,20)21)14(11(5)6)15(12)22(7,17)18/h8-11H,1-7H3,(H,19,20,21)/p-1. The average molecular weight is 362 g/mol. The molecule has 0 amide bonds. The molecule has 7 heteroatoms. The highest BCUT2D eigenvalue weighted by Crippen LogP contribution is 2.40. The van der Waals surface area contributed by atoms with Crippen molar-refractivity contribution in [3.63, 3.8) is 0 Å². The predicted octanol–water partition coefficient (Wildman–Crippen LogP) is 3.36. The fourth-order valence-corrected chi connectivity index (χ4v) is 5.50. The van der Waals surface area contributed by atoms with Crippen LogP contribution >= 0.6 is 0 Å². The molecular formula is C16H25O5S2-. The highest BCUT2D eigenvalue weighted by Gasteiger charge is 2.30. The van der Waals surface area contributed by atoms with Gasteiger partial charge in [-0.15, -0.1) is 0 Å². The second-order valence-electron chi connectivity index (χ2n) is 6.82. The smallest absolute Gasteiger partial charge is 0.176 e. The molecule has 0 fully saturated rings. The van der Waals surface area contributed by atoms with E-state index in [1.807, 2.05) is 13.8 Å². The maximum absolute atomic E-state index is 12.3. The zero-order chi connectivity index (χ0) is 18.3. The van der Waals surface area contributed by atoms with Crippen molar-refractivity contribution >= 4 is 20.0 Å². The van der Waals surface area contributed by atoms with Gasteiger partial charge >= 0.3 is 0 Å². The summed E-state index contributed by atoms with van der Waals surface area (Å²) < 4.78 is 60.4. The minimum absolute atomic E-state index is 0.0127. The third-order valence-electron chi connectivity index (χ3n) is 3.77. The maximum Gasteiger partial charge on any atom is 0.176 e. The molecule has 0 spiro atoms. The summed E-state index contributed by atoms with van der Waals surface area (Å²) in [6.45, 7) is 10.7. The molecule has 1 rings (SSSR count). The van der Waals surface area contributed by atoms with Crippen LogP contribution in [0.3, 0.4) is 0 Å². The van der Waals surface area contributed by atoms with Crippen LogP contribution in [0.4, 0.5) is 0 Å². The Hall–Kier alpha value is -0.920. The fourth-order valence-electron chi connectivity index (χ4n) is 2.79. The van der Waals surface area contributed by atoms with Crippen LogP contribution in [0.15, 0.2) is 15.9 Å². The summed E-state index contributed by atoms with van der Waals surface area (Å²) in [5, 5.41) is 0. The lowest BCUT2D eigenvalue weighted by molar-refractivity contribution is 0.458. The molecule has 0 heterocycles. The van der Waals surface area contributed by atoms with Gasteiger partial charge in [0.05, 0.1) is 9.79 Å². The predicted molar refractivity (Wildman–Crippen MR) is 89.8 cm³/mol. The van der Waals surface area contributed by atoms with Gasteiger partial charge in [-0.05, 0) is 34.4 Å². The molecule has 1 aromatic carbocycles. The molecule has 0 unspecified atom stereocenters. The van der Waals surface area contributed by atoms with Crippen molar-refractivity contribution in [2.45, 2.75) is 69.1 Å². The van der Waals surface area contributed by atoms with Crippen LogP contribution in [-0.2, 0) is 20.0 Å². The van der Waals surface area contributed by atoms with E-state index in [4.69, 9.17) is 0 Å². The second kappa shape index (κ2) is 6.53. The topological polar surface area (TPSA) is 91.3 Å². The van der Waals surface area contributed by atoms with Crippen LogP contribution in [0.5, 0.6) is 0 Å². The summed E-state index contributed by atoms with van der Waals surface area (Å²) in [5.41, 5.74) is 1.07. The number of hydrogen-bond acceptors (Lipinski definition) is 5. The van der Waals surface area contributed by atoms with Gasteiger partial charge in [0.2, 0.25) is 0 Å². The SMILES string of the molecule is CC(C)c1cc(C(C)C)c(S(=O)(=O)[O-])c(C(C)C)c1S(C)(=O)=O. The van der Waals surface area contributed by atoms with Crippen molar-refractivity contribution in [3.05, 3.63) is 22.8 Å². The van der Waals surface area contributed by atoms with Gasteiger partial charge in [-0.2, -0.15) is 0 Å². The van der Waals surface area contributed by atoms with Crippen LogP contribution < -0.4 is 0 Å². The van der Waals surface area contributed by atoms with E-state index in [1.165, 1.54) is 0 Å². The monoisotopic (exact) mass is 361 g/mol. The number of rotatable bonds is 5. The number of benzene rings is 1. The van der Waals surface area contributed by atoms with Crippen molar-refractivity contribution in [2.75, 3.05) is 6.26 Å². The fraction of sp³-hybridized carbons (Fsp3) is 0.625. The van der Waals surface area contributed by atoms with E-state index >= 15 is 0 Å². The third-order valence-corrected chi connectivity index (χ3v) is 5.92. The normalized spacial score (nSPS) is 13.3. The van der Waals surface area contributed by atoms with Gasteiger partial charge in [0, 0.05) is 6.26 Å². The van der Waals surface area contributed by atoms with Crippen LogP contribution in [-0.4, -0.2) is 27.6 Å². The van der Waals surface area contributed by atoms with Crippen molar-refractivity contribution < 1.29 is 21.4 Å². The number of hydrogen-bond donors (Lipinski definition) is 0. The van der Waals surface area contributed by atoms with Crippen molar-refractivity contribution in [1.29, 1.82) is 0 Å². The first kappa shape index (κ1) is 20.1. The molecule has 23 heavy (non-hydrogen) atoms. The zero-order valence-corrected chi connectivity index (χ0v) is 16.3. The van der Waals surface area contributed by atoms with E-state index in [0.717, 1.165) is 6.26 Å². The van der Waals surface area contributed by atoms with E-state index < -0.39 is 25.9 Å². The van der Waals surface area contributed by atoms with E-state index in [-0.39, 0.29) is 27.2 Å². The van der Waals surface area contributed by atoms with Gasteiger partial charge in [-0.3, -0.25) is 0 Å². The second-order valence-corrected chi connectivity index (χ2v) is 10.1. The highest BCUT2D eigenvalue weighted by atomic mass is 32.2. The Bertz CT molecular complexity index is 739. The summed E-state index contributed by atoms with van der Waals surface area (Å²) in [4.78, 5) is -0.381. The van der Waals surface area contributed by atoms with Gasteiger partial charge in [0.15, 0.2) is 9.84 Å². The minimum atomic E-state index is -4.79. The Balaban J connectivity index is 4.29. The highest BCUT2D eigenvalue weighted by molar-refractivity contribution is 7.91. The first-order chi connectivity index (χ1) is 10.2. The van der Waals surface area contributed by atoms with Crippen molar-refractivity contribution in [3.8, 4) is 0 Å². The summed E-state index contributed by atoms with van der Waals surface area (Å²) in [6, 6.07) is 1.57. The molecule has 0 N–H and O–H groups in total. The van der Waals surface area contributed by atoms with E-state index in [0.29, 0.717) is 11.1 Å². The third kappa shape index (κ3) is 4.14. The Morgan fingerprint density at radius 1 is 0.783 bits per heavy atom. The molecule has 0 saturated carbocycles. The van der Waals surface area contributed by atoms with Gasteiger partial charge in [0.1, 0.15) is 10.1 Å². The first-order valence-electron chi connectivity index (χ1n) is 7.56. The molecule has 0 radical (unpaired) electrons. The van der Waals surface area contributed by atoms with E-state index in [2.05, 4.69) is 0 Å². The molecule has 0 saturated heterocycles. The van der Waals surface area contributed by atoms with Crippen molar-refractivity contribution in [2.24, 2.45) is 0 Å². The lowest BCUT2D eigenvalue weighted by Gasteiger charge is -2.27. The van der Waals surface area contributed by atoms with Crippen LogP contribution in [0.2, 0.25) is 0 Å². The molecule has 132 valence electrons. The van der Waals surface area contributed by atoms with Crippen LogP contribution in [0.25, 0.3) is 0 Å². The Morgan fingerprint density at radius 2 is 1.17 bits per heavy atom. The first-order valence-corrected chi connectivity index (χ1v) is 10.9. The molecule has 0 aliphatic rings. The average Bonchev–Trinajstić information content (AvgIpc) is 2.33. The van der Waals surface area contributed by atoms with Gasteiger partial charge < -0.3 is 4.55 Å². The lowest BCUT2D eigenvalue weighted by atomic mass is 9.89. The van der Waals surface area contributed by atoms with Gasteiger partial charge in [-0.1, -0.05) is 47.6 Å². The molecule has 0 aromatic heterocycles. The van der Waals surface area contributed by atoms with E-state index in [9.17, 15) is 21.4 Å². The van der Waals surface area contributed by atoms with Crippen LogP contribution in [0, 0.1) is 0 Å². The van der Waals surface area contributed by atoms with Crippen LogP contribution in [0.1, 0.15) is 76.0 Å². The summed E-state index contributed by atoms with van der Waals surface area (Å²) in [7, 11) is -8.48.